The fourth-order valence-corrected chi connectivity index (χ4v) is 6.34. The van der Waals surface area contributed by atoms with Crippen LogP contribution in [-0.4, -0.2) is 20.8 Å². The minimum Gasteiger partial charge on any atom is -0.373 e. The van der Waals surface area contributed by atoms with Gasteiger partial charge in [-0.3, -0.25) is 0 Å². The largest absolute Gasteiger partial charge is 0.373 e. The Morgan fingerprint density at radius 1 is 1.11 bits per heavy atom. The average molecular weight is 276 g/mol. The van der Waals surface area contributed by atoms with Gasteiger partial charge in [0.15, 0.2) is 0 Å². The molecule has 0 aromatic rings. The smallest absolute Gasteiger partial charge is 0.0729 e. The quantitative estimate of drug-likeness (QED) is 0.524. The van der Waals surface area contributed by atoms with Crippen molar-refractivity contribution in [3.05, 3.63) is 22.9 Å². The predicted octanol–water partition coefficient (Wildman–Crippen LogP) is 4.72. The zero-order valence-electron chi connectivity index (χ0n) is 12.8. The molecule has 106 valence electrons. The molecule has 1 nitrogen and oxygen atoms in total. The normalized spacial score (nSPS) is 33.1. The summed E-state index contributed by atoms with van der Waals surface area (Å²) in [5.41, 5.74) is 3.11. The minimum absolute atomic E-state index is 0.469. The predicted molar refractivity (Wildman–Crippen MR) is 83.9 cm³/mol. The van der Waals surface area contributed by atoms with Crippen LogP contribution in [0.1, 0.15) is 38.5 Å². The van der Waals surface area contributed by atoms with E-state index >= 15 is 0 Å². The van der Waals surface area contributed by atoms with Crippen molar-refractivity contribution >= 4 is 8.07 Å². The van der Waals surface area contributed by atoms with E-state index < -0.39 is 8.07 Å². The average Bonchev–Trinajstić information content (AvgIpc) is 2.91. The first-order valence-electron chi connectivity index (χ1n) is 8.00. The van der Waals surface area contributed by atoms with E-state index in [1.54, 1.807) is 10.8 Å². The lowest BCUT2D eigenvalue weighted by molar-refractivity contribution is 0.0329. The lowest BCUT2D eigenvalue weighted by atomic mass is 9.78. The molecule has 1 aliphatic heterocycles. The molecule has 0 N–H and O–H groups in total. The summed E-state index contributed by atoms with van der Waals surface area (Å²) in [4.78, 5) is 0. The molecule has 0 aromatic heterocycles. The lowest BCUT2D eigenvalue weighted by Gasteiger charge is -2.30. The molecular weight excluding hydrogens is 248 g/mol. The van der Waals surface area contributed by atoms with Crippen LogP contribution in [0.5, 0.6) is 0 Å². The summed E-state index contributed by atoms with van der Waals surface area (Å²) in [5, 5.41) is 1.75. The number of hydrogen-bond donors (Lipinski definition) is 0. The first kappa shape index (κ1) is 13.6. The van der Waals surface area contributed by atoms with Crippen LogP contribution in [0, 0.1) is 11.8 Å². The van der Waals surface area contributed by atoms with Crippen LogP contribution >= 0.6 is 0 Å². The van der Waals surface area contributed by atoms with Crippen molar-refractivity contribution in [2.24, 2.45) is 11.8 Å². The number of hydrogen-bond acceptors (Lipinski definition) is 1. The third kappa shape index (κ3) is 2.38. The highest BCUT2D eigenvalue weighted by molar-refractivity contribution is 6.83. The Morgan fingerprint density at radius 2 is 1.79 bits per heavy atom. The van der Waals surface area contributed by atoms with Crippen LogP contribution in [0.2, 0.25) is 19.6 Å². The third-order valence-corrected chi connectivity index (χ3v) is 7.69. The van der Waals surface area contributed by atoms with Crippen LogP contribution in [0.25, 0.3) is 0 Å². The molecule has 0 bridgehead atoms. The van der Waals surface area contributed by atoms with Crippen molar-refractivity contribution < 1.29 is 4.74 Å². The Labute approximate surface area is 119 Å². The molecular formula is C17H28OSi. The topological polar surface area (TPSA) is 9.23 Å². The van der Waals surface area contributed by atoms with Crippen molar-refractivity contribution in [3.8, 4) is 0 Å². The molecule has 2 fully saturated rings. The summed E-state index contributed by atoms with van der Waals surface area (Å²) in [6, 6.07) is 0. The van der Waals surface area contributed by atoms with Crippen LogP contribution < -0.4 is 0 Å². The van der Waals surface area contributed by atoms with Gasteiger partial charge in [0.05, 0.1) is 20.8 Å². The monoisotopic (exact) mass is 276 g/mol. The van der Waals surface area contributed by atoms with Gasteiger partial charge in [0, 0.05) is 5.92 Å². The summed E-state index contributed by atoms with van der Waals surface area (Å²) in [5.74, 6) is 1.39. The number of rotatable bonds is 2. The van der Waals surface area contributed by atoms with E-state index in [0.29, 0.717) is 12.0 Å². The van der Waals surface area contributed by atoms with E-state index in [2.05, 4.69) is 26.2 Å². The van der Waals surface area contributed by atoms with Gasteiger partial charge in [0.25, 0.3) is 0 Å². The Kier molecular flexibility index (Phi) is 3.51. The highest BCUT2D eigenvalue weighted by Crippen LogP contribution is 2.49. The molecule has 0 amide bonds. The zero-order chi connectivity index (χ0) is 13.6. The van der Waals surface area contributed by atoms with Crippen LogP contribution in [-0.2, 0) is 4.74 Å². The number of fused-ring (bicyclic) bond motifs is 1. The molecule has 2 aliphatic carbocycles. The molecule has 0 radical (unpaired) electrons. The van der Waals surface area contributed by atoms with Gasteiger partial charge in [-0.05, 0) is 30.8 Å². The second kappa shape index (κ2) is 4.89. The van der Waals surface area contributed by atoms with Crippen molar-refractivity contribution in [3.63, 3.8) is 0 Å². The highest BCUT2D eigenvalue weighted by Gasteiger charge is 2.46. The van der Waals surface area contributed by atoms with Crippen molar-refractivity contribution in [1.82, 2.24) is 0 Å². The minimum atomic E-state index is -1.19. The maximum Gasteiger partial charge on any atom is 0.0729 e. The molecule has 2 atom stereocenters. The highest BCUT2D eigenvalue weighted by atomic mass is 28.3. The maximum atomic E-state index is 6.26. The first-order valence-corrected chi connectivity index (χ1v) is 11.5. The molecule has 2 heteroatoms. The Morgan fingerprint density at radius 3 is 2.42 bits per heavy atom. The van der Waals surface area contributed by atoms with Gasteiger partial charge >= 0.3 is 0 Å². The first-order chi connectivity index (χ1) is 8.98. The molecule has 1 heterocycles. The second-order valence-electron chi connectivity index (χ2n) is 7.74. The van der Waals surface area contributed by atoms with Gasteiger partial charge < -0.3 is 4.74 Å². The van der Waals surface area contributed by atoms with E-state index in [9.17, 15) is 0 Å². The van der Waals surface area contributed by atoms with E-state index in [-0.39, 0.29) is 0 Å². The zero-order valence-corrected chi connectivity index (χ0v) is 13.8. The Balaban J connectivity index is 1.85. The lowest BCUT2D eigenvalue weighted by Crippen LogP contribution is -2.28. The molecule has 0 aromatic carbocycles. The molecule has 1 saturated heterocycles. The third-order valence-electron chi connectivity index (χ3n) is 5.39. The summed E-state index contributed by atoms with van der Waals surface area (Å²) < 4.78 is 6.26. The van der Waals surface area contributed by atoms with Crippen molar-refractivity contribution in [2.75, 3.05) is 6.61 Å². The van der Waals surface area contributed by atoms with Gasteiger partial charge in [-0.1, -0.05) is 56.3 Å². The van der Waals surface area contributed by atoms with Crippen molar-refractivity contribution in [2.45, 2.75) is 64.3 Å². The maximum absolute atomic E-state index is 6.26. The van der Waals surface area contributed by atoms with Crippen LogP contribution in [0.4, 0.5) is 0 Å². The molecule has 0 spiro atoms. The van der Waals surface area contributed by atoms with Gasteiger partial charge in [-0.25, -0.2) is 0 Å². The summed E-state index contributed by atoms with van der Waals surface area (Å²) in [6.07, 6.45) is 8.65. The number of ether oxygens (including phenoxy) is 1. The second-order valence-corrected chi connectivity index (χ2v) is 12.8. The van der Waals surface area contributed by atoms with Crippen LogP contribution in [0.3, 0.4) is 0 Å². The molecule has 3 aliphatic rings. The fraction of sp³-hybridized carbons (Fsp3) is 0.765. The van der Waals surface area contributed by atoms with Gasteiger partial charge in [-0.2, -0.15) is 0 Å². The Hall–Kier alpha value is -0.343. The molecule has 19 heavy (non-hydrogen) atoms. The molecule has 0 unspecified atom stereocenters. The van der Waals surface area contributed by atoms with E-state index in [0.717, 1.165) is 12.5 Å². The Bertz CT molecular complexity index is 409. The summed E-state index contributed by atoms with van der Waals surface area (Å²) >= 11 is 0. The van der Waals surface area contributed by atoms with Gasteiger partial charge in [0.2, 0.25) is 0 Å². The number of allylic oxidation sites excluding steroid dienone is 1. The van der Waals surface area contributed by atoms with E-state index in [1.807, 2.05) is 0 Å². The van der Waals surface area contributed by atoms with Gasteiger partial charge in [-0.15, -0.1) is 0 Å². The SMILES string of the molecule is C=C1CC([Si](C)(C)C)=C2CO[C@H](C3CCCCC3)[C@@H]12. The van der Waals surface area contributed by atoms with E-state index in [1.165, 1.54) is 44.1 Å². The fourth-order valence-electron chi connectivity index (χ4n) is 4.39. The van der Waals surface area contributed by atoms with Crippen LogP contribution in [0.15, 0.2) is 22.9 Å². The molecule has 3 rings (SSSR count). The summed E-state index contributed by atoms with van der Waals surface area (Å²) in [7, 11) is -1.19. The van der Waals surface area contributed by atoms with Crippen molar-refractivity contribution in [1.29, 1.82) is 0 Å². The standard InChI is InChI=1S/C17H28OSi/c1-12-10-15(19(2,3)4)14-11-18-17(16(12)14)13-8-6-5-7-9-13/h13,16-17H,1,5-11H2,2-4H3/t16-,17+/m0/s1. The molecule has 1 saturated carbocycles. The van der Waals surface area contributed by atoms with E-state index in [4.69, 9.17) is 4.74 Å². The van der Waals surface area contributed by atoms with Gasteiger partial charge in [0.1, 0.15) is 0 Å². The summed E-state index contributed by atoms with van der Waals surface area (Å²) in [6.45, 7) is 12.7.